The Morgan fingerprint density at radius 1 is 1.43 bits per heavy atom. The van der Waals surface area contributed by atoms with Crippen LogP contribution in [0, 0.1) is 19.3 Å². The molecule has 128 valence electrons. The van der Waals surface area contributed by atoms with E-state index in [1.807, 2.05) is 18.7 Å². The number of aliphatic hydroxyl groups is 1. The molecule has 23 heavy (non-hydrogen) atoms. The number of carbonyl (C=O) groups excluding carboxylic acids is 1. The van der Waals surface area contributed by atoms with E-state index in [1.54, 1.807) is 7.11 Å². The quantitative estimate of drug-likeness (QED) is 0.881. The molecule has 1 saturated carbocycles. The molecule has 2 aliphatic rings. The van der Waals surface area contributed by atoms with Crippen LogP contribution >= 0.6 is 0 Å². The van der Waals surface area contributed by atoms with Crippen molar-refractivity contribution < 1.29 is 14.6 Å². The van der Waals surface area contributed by atoms with Gasteiger partial charge >= 0.3 is 0 Å². The summed E-state index contributed by atoms with van der Waals surface area (Å²) >= 11 is 0. The third-order valence-corrected chi connectivity index (χ3v) is 6.34. The lowest BCUT2D eigenvalue weighted by Crippen LogP contribution is -2.69. The number of amides is 1. The van der Waals surface area contributed by atoms with Gasteiger partial charge in [0.15, 0.2) is 0 Å². The lowest BCUT2D eigenvalue weighted by atomic mass is 9.51. The first-order chi connectivity index (χ1) is 10.8. The molecule has 2 fully saturated rings. The van der Waals surface area contributed by atoms with Crippen LogP contribution in [0.5, 0.6) is 0 Å². The number of H-pyrrole nitrogens is 1. The fraction of sp³-hybridized carbons (Fsp3) is 0.765. The largest absolute Gasteiger partial charge is 0.392 e. The average Bonchev–Trinajstić information content (AvgIpc) is 2.86. The Labute approximate surface area is 137 Å². The molecule has 1 aromatic heterocycles. The second-order valence-electron chi connectivity index (χ2n) is 7.28. The number of hydrogen-bond donors (Lipinski definition) is 2. The van der Waals surface area contributed by atoms with Gasteiger partial charge in [0.2, 0.25) is 5.91 Å². The Hall–Kier alpha value is -1.40. The van der Waals surface area contributed by atoms with E-state index in [-0.39, 0.29) is 23.0 Å². The summed E-state index contributed by atoms with van der Waals surface area (Å²) in [4.78, 5) is 14.5. The summed E-state index contributed by atoms with van der Waals surface area (Å²) in [6, 6.07) is 0. The van der Waals surface area contributed by atoms with Crippen molar-refractivity contribution in [1.82, 2.24) is 15.1 Å². The van der Waals surface area contributed by atoms with Gasteiger partial charge in [0.05, 0.1) is 23.8 Å². The molecular weight excluding hydrogens is 294 g/mol. The smallest absolute Gasteiger partial charge is 0.227 e. The van der Waals surface area contributed by atoms with Gasteiger partial charge < -0.3 is 14.7 Å². The fourth-order valence-corrected chi connectivity index (χ4v) is 4.39. The predicted molar refractivity (Wildman–Crippen MR) is 86.1 cm³/mol. The molecule has 2 N–H and O–H groups in total. The number of hydrogen-bond acceptors (Lipinski definition) is 4. The molecule has 2 atom stereocenters. The van der Waals surface area contributed by atoms with Crippen LogP contribution in [0.1, 0.15) is 43.1 Å². The standard InChI is InChI=1S/C17H27N3O3/c1-11-13(12(2)19-18-11)9-15(22)20-7-5-17(6-8-20)14(21)10-16(17,3)23-4/h14,21H,5-10H2,1-4H3,(H,18,19)/t14-,16+/m1/s1. The fourth-order valence-electron chi connectivity index (χ4n) is 4.39. The van der Waals surface area contributed by atoms with Gasteiger partial charge in [-0.1, -0.05) is 0 Å². The van der Waals surface area contributed by atoms with Gasteiger partial charge in [0.25, 0.3) is 0 Å². The molecular formula is C17H27N3O3. The number of aromatic amines is 1. The van der Waals surface area contributed by atoms with Gasteiger partial charge in [-0.2, -0.15) is 5.10 Å². The van der Waals surface area contributed by atoms with Crippen molar-refractivity contribution in [3.63, 3.8) is 0 Å². The van der Waals surface area contributed by atoms with Gasteiger partial charge in [-0.3, -0.25) is 9.89 Å². The molecule has 1 amide bonds. The Kier molecular flexibility index (Phi) is 4.01. The SMILES string of the molecule is CO[C@@]1(C)C[C@@H](O)C12CCN(C(=O)Cc1c(C)n[nH]c1C)CC2. The van der Waals surface area contributed by atoms with Crippen LogP contribution in [0.2, 0.25) is 0 Å². The summed E-state index contributed by atoms with van der Waals surface area (Å²) in [6.07, 6.45) is 2.36. The van der Waals surface area contributed by atoms with Crippen molar-refractivity contribution in [2.24, 2.45) is 5.41 Å². The second-order valence-corrected chi connectivity index (χ2v) is 7.28. The summed E-state index contributed by atoms with van der Waals surface area (Å²) in [5, 5.41) is 17.4. The van der Waals surface area contributed by atoms with Crippen molar-refractivity contribution in [1.29, 1.82) is 0 Å². The van der Waals surface area contributed by atoms with E-state index in [2.05, 4.69) is 17.1 Å². The molecule has 3 rings (SSSR count). The lowest BCUT2D eigenvalue weighted by molar-refractivity contribution is -0.261. The van der Waals surface area contributed by atoms with E-state index < -0.39 is 0 Å². The maximum Gasteiger partial charge on any atom is 0.227 e. The minimum Gasteiger partial charge on any atom is -0.392 e. The number of methoxy groups -OCH3 is 1. The first kappa shape index (κ1) is 16.5. The zero-order valence-electron chi connectivity index (χ0n) is 14.5. The van der Waals surface area contributed by atoms with E-state index in [4.69, 9.17) is 4.74 Å². The van der Waals surface area contributed by atoms with Gasteiger partial charge in [-0.15, -0.1) is 0 Å². The molecule has 1 aliphatic heterocycles. The summed E-state index contributed by atoms with van der Waals surface area (Å²) in [5.74, 6) is 0.139. The number of aryl methyl sites for hydroxylation is 2. The number of aromatic nitrogens is 2. The van der Waals surface area contributed by atoms with Gasteiger partial charge in [-0.25, -0.2) is 0 Å². The molecule has 1 saturated heterocycles. The van der Waals surface area contributed by atoms with E-state index >= 15 is 0 Å². The van der Waals surface area contributed by atoms with Crippen molar-refractivity contribution >= 4 is 5.91 Å². The highest BCUT2D eigenvalue weighted by Gasteiger charge is 2.63. The minimum atomic E-state index is -0.317. The highest BCUT2D eigenvalue weighted by molar-refractivity contribution is 5.79. The molecule has 0 aromatic carbocycles. The number of nitrogens with zero attached hydrogens (tertiary/aromatic N) is 2. The number of carbonyl (C=O) groups is 1. The maximum atomic E-state index is 12.6. The molecule has 0 bridgehead atoms. The van der Waals surface area contributed by atoms with Crippen LogP contribution in [0.4, 0.5) is 0 Å². The molecule has 0 radical (unpaired) electrons. The monoisotopic (exact) mass is 321 g/mol. The molecule has 0 unspecified atom stereocenters. The Morgan fingerprint density at radius 3 is 2.57 bits per heavy atom. The second kappa shape index (κ2) is 5.60. The van der Waals surface area contributed by atoms with Crippen LogP contribution < -0.4 is 0 Å². The van der Waals surface area contributed by atoms with Crippen molar-refractivity contribution in [2.75, 3.05) is 20.2 Å². The molecule has 6 nitrogen and oxygen atoms in total. The molecule has 2 heterocycles. The van der Waals surface area contributed by atoms with E-state index in [0.717, 1.165) is 29.8 Å². The zero-order valence-corrected chi connectivity index (χ0v) is 14.5. The summed E-state index contributed by atoms with van der Waals surface area (Å²) < 4.78 is 5.67. The van der Waals surface area contributed by atoms with E-state index in [1.165, 1.54) is 0 Å². The van der Waals surface area contributed by atoms with Crippen molar-refractivity contribution in [3.05, 3.63) is 17.0 Å². The third-order valence-electron chi connectivity index (χ3n) is 6.34. The number of likely N-dealkylation sites (tertiary alicyclic amines) is 1. The zero-order chi connectivity index (χ0) is 16.8. The first-order valence-electron chi connectivity index (χ1n) is 8.34. The molecule has 6 heteroatoms. The molecule has 1 aromatic rings. The van der Waals surface area contributed by atoms with Gasteiger partial charge in [0, 0.05) is 43.3 Å². The van der Waals surface area contributed by atoms with E-state index in [0.29, 0.717) is 25.9 Å². The minimum absolute atomic E-state index is 0.139. The number of piperidine rings is 1. The van der Waals surface area contributed by atoms with Crippen LogP contribution in [-0.2, 0) is 16.0 Å². The van der Waals surface area contributed by atoms with Crippen molar-refractivity contribution in [2.45, 2.75) is 58.2 Å². The van der Waals surface area contributed by atoms with Crippen LogP contribution in [-0.4, -0.2) is 58.0 Å². The molecule has 1 aliphatic carbocycles. The summed E-state index contributed by atoms with van der Waals surface area (Å²) in [7, 11) is 1.72. The Morgan fingerprint density at radius 2 is 2.09 bits per heavy atom. The maximum absolute atomic E-state index is 12.6. The Bertz CT molecular complexity index is 585. The van der Waals surface area contributed by atoms with Crippen molar-refractivity contribution in [3.8, 4) is 0 Å². The lowest BCUT2D eigenvalue weighted by Gasteiger charge is -2.62. The summed E-state index contributed by atoms with van der Waals surface area (Å²) in [5.41, 5.74) is 2.40. The number of rotatable bonds is 3. The average molecular weight is 321 g/mol. The summed E-state index contributed by atoms with van der Waals surface area (Å²) in [6.45, 7) is 7.32. The van der Waals surface area contributed by atoms with Crippen LogP contribution in [0.15, 0.2) is 0 Å². The van der Waals surface area contributed by atoms with Gasteiger partial charge in [-0.05, 0) is 33.6 Å². The molecule has 1 spiro atoms. The van der Waals surface area contributed by atoms with Gasteiger partial charge in [0.1, 0.15) is 0 Å². The van der Waals surface area contributed by atoms with E-state index in [9.17, 15) is 9.90 Å². The Balaban J connectivity index is 1.64. The topological polar surface area (TPSA) is 78.5 Å². The number of ether oxygens (including phenoxy) is 1. The third kappa shape index (κ3) is 2.39. The highest BCUT2D eigenvalue weighted by atomic mass is 16.5. The first-order valence-corrected chi connectivity index (χ1v) is 8.34. The number of aliphatic hydroxyl groups excluding tert-OH is 1. The predicted octanol–water partition coefficient (Wildman–Crippen LogP) is 1.35. The number of nitrogens with one attached hydrogen (secondary N) is 1. The van der Waals surface area contributed by atoms with Crippen LogP contribution in [0.25, 0.3) is 0 Å². The normalized spacial score (nSPS) is 29.6. The van der Waals surface area contributed by atoms with Crippen LogP contribution in [0.3, 0.4) is 0 Å². The highest BCUT2D eigenvalue weighted by Crippen LogP contribution is 2.57.